The molecule has 1 atom stereocenters. The number of amides is 2. The van der Waals surface area contributed by atoms with Gasteiger partial charge in [-0.1, -0.05) is 25.5 Å². The molecule has 2 N–H and O–H groups in total. The Morgan fingerprint density at radius 2 is 2.00 bits per heavy atom. The van der Waals surface area contributed by atoms with Gasteiger partial charge in [-0.15, -0.1) is 11.3 Å². The molecule has 1 aromatic carbocycles. The van der Waals surface area contributed by atoms with Gasteiger partial charge in [0.05, 0.1) is 12.8 Å². The highest BCUT2D eigenvalue weighted by molar-refractivity contribution is 7.14. The zero-order valence-electron chi connectivity index (χ0n) is 15.0. The van der Waals surface area contributed by atoms with Crippen molar-refractivity contribution in [2.75, 3.05) is 12.4 Å². The first-order valence-corrected chi connectivity index (χ1v) is 8.88. The molecule has 0 saturated carbocycles. The van der Waals surface area contributed by atoms with Crippen molar-refractivity contribution in [3.63, 3.8) is 0 Å². The third-order valence-electron chi connectivity index (χ3n) is 3.67. The van der Waals surface area contributed by atoms with E-state index in [-0.39, 0.29) is 17.7 Å². The van der Waals surface area contributed by atoms with E-state index in [0.717, 1.165) is 22.6 Å². The fourth-order valence-corrected chi connectivity index (χ4v) is 3.13. The summed E-state index contributed by atoms with van der Waals surface area (Å²) in [7, 11) is 1.61. The number of ether oxygens (including phenoxy) is 1. The quantitative estimate of drug-likeness (QED) is 0.828. The van der Waals surface area contributed by atoms with Gasteiger partial charge in [0.2, 0.25) is 11.8 Å². The molecule has 25 heavy (non-hydrogen) atoms. The molecule has 1 heterocycles. The highest BCUT2D eigenvalue weighted by atomic mass is 32.1. The van der Waals surface area contributed by atoms with Crippen LogP contribution >= 0.6 is 11.3 Å². The number of aryl methyl sites for hydroxylation is 1. The van der Waals surface area contributed by atoms with Crippen LogP contribution in [0.5, 0.6) is 5.75 Å². The number of hydrogen-bond donors (Lipinski definition) is 2. The van der Waals surface area contributed by atoms with E-state index in [2.05, 4.69) is 15.6 Å². The molecule has 0 fully saturated rings. The average molecular weight is 361 g/mol. The summed E-state index contributed by atoms with van der Waals surface area (Å²) in [6, 6.07) is 5.26. The van der Waals surface area contributed by atoms with Crippen LogP contribution in [0.15, 0.2) is 23.6 Å². The van der Waals surface area contributed by atoms with Gasteiger partial charge in [-0.3, -0.25) is 9.59 Å². The predicted octanol–water partition coefficient (Wildman–Crippen LogP) is 3.23. The highest BCUT2D eigenvalue weighted by Gasteiger charge is 2.24. The first-order valence-electron chi connectivity index (χ1n) is 8.00. The molecule has 0 spiro atoms. The first kappa shape index (κ1) is 18.9. The molecule has 7 heteroatoms. The van der Waals surface area contributed by atoms with Gasteiger partial charge in [0.15, 0.2) is 5.13 Å². The summed E-state index contributed by atoms with van der Waals surface area (Å²) in [5, 5.41) is 7.81. The number of methoxy groups -OCH3 is 1. The van der Waals surface area contributed by atoms with E-state index >= 15 is 0 Å². The Kier molecular flexibility index (Phi) is 6.14. The van der Waals surface area contributed by atoms with Crippen LogP contribution in [0.25, 0.3) is 11.3 Å². The largest absolute Gasteiger partial charge is 0.496 e. The van der Waals surface area contributed by atoms with Crippen molar-refractivity contribution < 1.29 is 14.3 Å². The molecular weight excluding hydrogens is 338 g/mol. The van der Waals surface area contributed by atoms with Gasteiger partial charge in [-0.25, -0.2) is 4.98 Å². The number of hydrogen-bond acceptors (Lipinski definition) is 5. The topological polar surface area (TPSA) is 80.3 Å². The van der Waals surface area contributed by atoms with Crippen molar-refractivity contribution in [3.8, 4) is 17.0 Å². The van der Waals surface area contributed by atoms with Crippen LogP contribution in [0, 0.1) is 12.8 Å². The monoisotopic (exact) mass is 361 g/mol. The van der Waals surface area contributed by atoms with Crippen LogP contribution in [-0.2, 0) is 9.59 Å². The molecule has 0 aliphatic carbocycles. The van der Waals surface area contributed by atoms with Crippen molar-refractivity contribution in [2.45, 2.75) is 33.7 Å². The number of rotatable bonds is 6. The molecule has 0 saturated heterocycles. The highest BCUT2D eigenvalue weighted by Crippen LogP contribution is 2.33. The second-order valence-electron chi connectivity index (χ2n) is 6.15. The van der Waals surface area contributed by atoms with Crippen LogP contribution in [0.2, 0.25) is 0 Å². The third-order valence-corrected chi connectivity index (χ3v) is 4.43. The Labute approximate surface area is 151 Å². The fourth-order valence-electron chi connectivity index (χ4n) is 2.41. The number of carbonyl (C=O) groups is 2. The standard InChI is InChI=1S/C18H23N3O3S/c1-10(2)16(19-12(4)22)17(23)21-18-20-14(9-25-18)13-8-11(3)6-7-15(13)24-5/h6-10,16H,1-5H3,(H,19,22)(H,20,21,23). The maximum Gasteiger partial charge on any atom is 0.248 e. The number of carbonyl (C=O) groups excluding carboxylic acids is 2. The molecule has 6 nitrogen and oxygen atoms in total. The maximum atomic E-state index is 12.4. The van der Waals surface area contributed by atoms with Crippen LogP contribution in [0.4, 0.5) is 5.13 Å². The molecule has 2 aromatic rings. The summed E-state index contributed by atoms with van der Waals surface area (Å²) >= 11 is 1.33. The molecular formula is C18H23N3O3S. The summed E-state index contributed by atoms with van der Waals surface area (Å²) in [5.41, 5.74) is 2.71. The zero-order valence-corrected chi connectivity index (χ0v) is 15.9. The second kappa shape index (κ2) is 8.11. The van der Waals surface area contributed by atoms with Crippen LogP contribution in [-0.4, -0.2) is 29.9 Å². The second-order valence-corrected chi connectivity index (χ2v) is 7.01. The summed E-state index contributed by atoms with van der Waals surface area (Å²) in [6.07, 6.45) is 0. The molecule has 1 unspecified atom stereocenters. The summed E-state index contributed by atoms with van der Waals surface area (Å²) in [5.74, 6) is 0.188. The first-order chi connectivity index (χ1) is 11.8. The molecule has 0 bridgehead atoms. The van der Waals surface area contributed by atoms with Crippen molar-refractivity contribution >= 4 is 28.3 Å². The normalized spacial score (nSPS) is 11.9. The van der Waals surface area contributed by atoms with Gasteiger partial charge in [0.25, 0.3) is 0 Å². The summed E-state index contributed by atoms with van der Waals surface area (Å²) in [6.45, 7) is 7.16. The zero-order chi connectivity index (χ0) is 18.6. The van der Waals surface area contributed by atoms with E-state index < -0.39 is 6.04 Å². The Morgan fingerprint density at radius 3 is 2.60 bits per heavy atom. The van der Waals surface area contributed by atoms with E-state index in [1.54, 1.807) is 7.11 Å². The number of aromatic nitrogens is 1. The third kappa shape index (κ3) is 4.79. The number of thiazole rings is 1. The lowest BCUT2D eigenvalue weighted by atomic mass is 10.0. The Balaban J connectivity index is 2.20. The lowest BCUT2D eigenvalue weighted by molar-refractivity contribution is -0.126. The number of benzene rings is 1. The SMILES string of the molecule is COc1ccc(C)cc1-c1csc(NC(=O)C(NC(C)=O)C(C)C)n1. The van der Waals surface area contributed by atoms with Crippen molar-refractivity contribution in [3.05, 3.63) is 29.1 Å². The van der Waals surface area contributed by atoms with E-state index in [9.17, 15) is 9.59 Å². The van der Waals surface area contributed by atoms with Gasteiger partial charge in [-0.05, 0) is 25.0 Å². The van der Waals surface area contributed by atoms with Crippen LogP contribution < -0.4 is 15.4 Å². The molecule has 2 rings (SSSR count). The molecule has 2 amide bonds. The lowest BCUT2D eigenvalue weighted by Crippen LogP contribution is -2.46. The average Bonchev–Trinajstić information content (AvgIpc) is 3.00. The molecule has 0 aliphatic rings. The molecule has 134 valence electrons. The van der Waals surface area contributed by atoms with E-state index in [1.165, 1.54) is 18.3 Å². The fraction of sp³-hybridized carbons (Fsp3) is 0.389. The predicted molar refractivity (Wildman–Crippen MR) is 99.9 cm³/mol. The minimum absolute atomic E-state index is 0.0276. The molecule has 0 radical (unpaired) electrons. The Hall–Kier alpha value is -2.41. The van der Waals surface area contributed by atoms with Gasteiger partial charge < -0.3 is 15.4 Å². The molecule has 0 aliphatic heterocycles. The maximum absolute atomic E-state index is 12.4. The van der Waals surface area contributed by atoms with E-state index in [1.807, 2.05) is 44.4 Å². The van der Waals surface area contributed by atoms with E-state index in [4.69, 9.17) is 4.74 Å². The van der Waals surface area contributed by atoms with Gasteiger partial charge in [0.1, 0.15) is 11.8 Å². The smallest absolute Gasteiger partial charge is 0.248 e. The minimum Gasteiger partial charge on any atom is -0.496 e. The minimum atomic E-state index is -0.599. The Bertz CT molecular complexity index is 771. The lowest BCUT2D eigenvalue weighted by Gasteiger charge is -2.20. The summed E-state index contributed by atoms with van der Waals surface area (Å²) in [4.78, 5) is 28.2. The van der Waals surface area contributed by atoms with Gasteiger partial charge in [-0.2, -0.15) is 0 Å². The number of nitrogens with zero attached hydrogens (tertiary/aromatic N) is 1. The van der Waals surface area contributed by atoms with Crippen LogP contribution in [0.3, 0.4) is 0 Å². The van der Waals surface area contributed by atoms with Gasteiger partial charge >= 0.3 is 0 Å². The number of nitrogens with one attached hydrogen (secondary N) is 2. The van der Waals surface area contributed by atoms with Crippen molar-refractivity contribution in [1.29, 1.82) is 0 Å². The Morgan fingerprint density at radius 1 is 1.28 bits per heavy atom. The molecule has 1 aromatic heterocycles. The van der Waals surface area contributed by atoms with E-state index in [0.29, 0.717) is 5.13 Å². The van der Waals surface area contributed by atoms with Gasteiger partial charge in [0, 0.05) is 17.9 Å². The van der Waals surface area contributed by atoms with Crippen LogP contribution in [0.1, 0.15) is 26.3 Å². The van der Waals surface area contributed by atoms with Crippen molar-refractivity contribution in [1.82, 2.24) is 10.3 Å². The summed E-state index contributed by atoms with van der Waals surface area (Å²) < 4.78 is 5.39. The number of anilines is 1. The van der Waals surface area contributed by atoms with Crippen molar-refractivity contribution in [2.24, 2.45) is 5.92 Å².